The molecule has 0 bridgehead atoms. The summed E-state index contributed by atoms with van der Waals surface area (Å²) in [5.74, 6) is 0.492. The second-order valence-electron chi connectivity index (χ2n) is 8.19. The maximum atomic E-state index is 4.68. The van der Waals surface area contributed by atoms with Crippen LogP contribution in [0, 0.1) is 6.92 Å². The molecule has 0 amide bonds. The number of nitrogens with one attached hydrogen (secondary N) is 1. The number of aryl methyl sites for hydroxylation is 2. The number of benzene rings is 1. The van der Waals surface area contributed by atoms with E-state index < -0.39 is 0 Å². The zero-order valence-electron chi connectivity index (χ0n) is 16.9. The fourth-order valence-corrected chi connectivity index (χ4v) is 4.67. The minimum absolute atomic E-state index is 0.492. The first kappa shape index (κ1) is 17.5. The molecule has 6 heteroatoms. The third-order valence-electron chi connectivity index (χ3n) is 6.15. The number of fused-ring (bicyclic) bond motifs is 2. The van der Waals surface area contributed by atoms with Crippen molar-refractivity contribution in [3.05, 3.63) is 47.3 Å². The molecule has 1 fully saturated rings. The highest BCUT2D eigenvalue weighted by molar-refractivity contribution is 5.89. The van der Waals surface area contributed by atoms with Crippen molar-refractivity contribution in [1.82, 2.24) is 20.1 Å². The van der Waals surface area contributed by atoms with Crippen LogP contribution in [0.3, 0.4) is 0 Å². The van der Waals surface area contributed by atoms with Crippen LogP contribution in [0.15, 0.2) is 30.5 Å². The second-order valence-corrected chi connectivity index (χ2v) is 8.19. The molecule has 2 aliphatic heterocycles. The van der Waals surface area contributed by atoms with Gasteiger partial charge >= 0.3 is 0 Å². The Morgan fingerprint density at radius 2 is 1.93 bits per heavy atom. The molecule has 28 heavy (non-hydrogen) atoms. The lowest BCUT2D eigenvalue weighted by Crippen LogP contribution is -2.43. The Kier molecular flexibility index (Phi) is 4.23. The van der Waals surface area contributed by atoms with Gasteiger partial charge in [0, 0.05) is 57.7 Å². The highest BCUT2D eigenvalue weighted by Crippen LogP contribution is 2.36. The lowest BCUT2D eigenvalue weighted by Gasteiger charge is -2.36. The Bertz CT molecular complexity index is 1020. The Morgan fingerprint density at radius 1 is 1.11 bits per heavy atom. The summed E-state index contributed by atoms with van der Waals surface area (Å²) in [4.78, 5) is 9.68. The second kappa shape index (κ2) is 6.78. The molecule has 1 N–H and O–H groups in total. The van der Waals surface area contributed by atoms with Gasteiger partial charge in [-0.25, -0.2) is 4.98 Å². The first-order chi connectivity index (χ1) is 13.6. The number of piperazine rings is 1. The molecule has 1 saturated heterocycles. The number of nitrogens with zero attached hydrogens (tertiary/aromatic N) is 5. The molecule has 0 saturated carbocycles. The molecule has 1 atom stereocenters. The molecule has 4 heterocycles. The highest BCUT2D eigenvalue weighted by Gasteiger charge is 2.25. The Morgan fingerprint density at radius 3 is 2.75 bits per heavy atom. The number of hydrogen-bond donors (Lipinski definition) is 1. The number of aromatic nitrogens is 3. The van der Waals surface area contributed by atoms with Crippen LogP contribution in [0.5, 0.6) is 0 Å². The topological polar surface area (TPSA) is 49.2 Å². The van der Waals surface area contributed by atoms with Gasteiger partial charge in [0.05, 0.1) is 17.3 Å². The minimum Gasteiger partial charge on any atom is -0.369 e. The van der Waals surface area contributed by atoms with Gasteiger partial charge in [0.25, 0.3) is 0 Å². The zero-order chi connectivity index (χ0) is 19.3. The Hall–Kier alpha value is -2.60. The molecule has 0 aliphatic carbocycles. The van der Waals surface area contributed by atoms with E-state index in [0.717, 1.165) is 56.0 Å². The van der Waals surface area contributed by atoms with Gasteiger partial charge in [0.1, 0.15) is 0 Å². The summed E-state index contributed by atoms with van der Waals surface area (Å²) in [5.41, 5.74) is 7.56. The molecule has 0 radical (unpaired) electrons. The number of anilines is 2. The maximum absolute atomic E-state index is 4.68. The van der Waals surface area contributed by atoms with Crippen LogP contribution < -0.4 is 15.1 Å². The quantitative estimate of drug-likeness (QED) is 0.745. The van der Waals surface area contributed by atoms with Gasteiger partial charge in [0.2, 0.25) is 0 Å². The number of pyridine rings is 1. The summed E-state index contributed by atoms with van der Waals surface area (Å²) < 4.78 is 1.87. The smallest absolute Gasteiger partial charge is 0.159 e. The van der Waals surface area contributed by atoms with Crippen LogP contribution in [0.4, 0.5) is 11.4 Å². The summed E-state index contributed by atoms with van der Waals surface area (Å²) in [5, 5.41) is 9.02. The minimum atomic E-state index is 0.492. The van der Waals surface area contributed by atoms with Crippen molar-refractivity contribution < 1.29 is 0 Å². The summed E-state index contributed by atoms with van der Waals surface area (Å²) in [6.45, 7) is 10.7. The van der Waals surface area contributed by atoms with Gasteiger partial charge < -0.3 is 15.1 Å². The van der Waals surface area contributed by atoms with Gasteiger partial charge in [-0.15, -0.1) is 0 Å². The van der Waals surface area contributed by atoms with E-state index in [1.807, 2.05) is 17.9 Å². The molecular formula is C22H28N6. The maximum Gasteiger partial charge on any atom is 0.159 e. The van der Waals surface area contributed by atoms with Crippen molar-refractivity contribution >= 4 is 22.4 Å². The van der Waals surface area contributed by atoms with Crippen LogP contribution in [-0.2, 0) is 13.6 Å². The Balaban J connectivity index is 1.49. The van der Waals surface area contributed by atoms with E-state index in [9.17, 15) is 0 Å². The van der Waals surface area contributed by atoms with Gasteiger partial charge in [0.15, 0.2) is 5.65 Å². The highest BCUT2D eigenvalue weighted by atomic mass is 15.3. The van der Waals surface area contributed by atoms with Crippen molar-refractivity contribution in [1.29, 1.82) is 0 Å². The van der Waals surface area contributed by atoms with E-state index in [-0.39, 0.29) is 0 Å². The van der Waals surface area contributed by atoms with Crippen LogP contribution in [-0.4, -0.2) is 47.5 Å². The van der Waals surface area contributed by atoms with Gasteiger partial charge in [-0.1, -0.05) is 13.0 Å². The van der Waals surface area contributed by atoms with Gasteiger partial charge in [-0.2, -0.15) is 5.10 Å². The monoisotopic (exact) mass is 376 g/mol. The van der Waals surface area contributed by atoms with E-state index in [1.165, 1.54) is 22.5 Å². The fourth-order valence-electron chi connectivity index (χ4n) is 4.67. The molecular weight excluding hydrogens is 348 g/mol. The molecule has 1 aromatic carbocycles. The van der Waals surface area contributed by atoms with Crippen LogP contribution in [0.1, 0.15) is 29.7 Å². The molecule has 6 nitrogen and oxygen atoms in total. The predicted molar refractivity (Wildman–Crippen MR) is 114 cm³/mol. The lowest BCUT2D eigenvalue weighted by atomic mass is 9.90. The van der Waals surface area contributed by atoms with E-state index >= 15 is 0 Å². The number of rotatable bonds is 2. The molecule has 0 unspecified atom stereocenters. The van der Waals surface area contributed by atoms with E-state index in [0.29, 0.717) is 5.92 Å². The average Bonchev–Trinajstić information content (AvgIpc) is 3.08. The van der Waals surface area contributed by atoms with Crippen LogP contribution >= 0.6 is 0 Å². The van der Waals surface area contributed by atoms with Crippen molar-refractivity contribution in [3.63, 3.8) is 0 Å². The molecule has 5 rings (SSSR count). The van der Waals surface area contributed by atoms with E-state index in [4.69, 9.17) is 0 Å². The average molecular weight is 377 g/mol. The van der Waals surface area contributed by atoms with Crippen molar-refractivity contribution in [2.75, 3.05) is 42.5 Å². The molecule has 0 spiro atoms. The van der Waals surface area contributed by atoms with Crippen LogP contribution in [0.25, 0.3) is 11.0 Å². The standard InChI is InChI=1S/C22H28N6/c1-15-13-28(21-10-16(2)25-22-20(21)12-24-26(22)3)14-17-4-5-18(11-19(15)17)27-8-6-23-7-9-27/h4-5,10-12,15,23H,6-9,13-14H2,1-3H3/t15-/m0/s1. The Labute approximate surface area is 166 Å². The van der Waals surface area contributed by atoms with Gasteiger partial charge in [-0.3, -0.25) is 4.68 Å². The zero-order valence-corrected chi connectivity index (χ0v) is 16.9. The first-order valence-corrected chi connectivity index (χ1v) is 10.2. The molecule has 3 aromatic rings. The van der Waals surface area contributed by atoms with Crippen molar-refractivity contribution in [3.8, 4) is 0 Å². The molecule has 2 aliphatic rings. The normalized spacial score (nSPS) is 19.9. The summed E-state index contributed by atoms with van der Waals surface area (Å²) >= 11 is 0. The van der Waals surface area contributed by atoms with Crippen molar-refractivity contribution in [2.45, 2.75) is 26.3 Å². The fraction of sp³-hybridized carbons (Fsp3) is 0.455. The molecule has 146 valence electrons. The largest absolute Gasteiger partial charge is 0.369 e. The van der Waals surface area contributed by atoms with Crippen LogP contribution in [0.2, 0.25) is 0 Å². The third kappa shape index (κ3) is 2.92. The summed E-state index contributed by atoms with van der Waals surface area (Å²) in [6, 6.07) is 9.28. The van der Waals surface area contributed by atoms with E-state index in [2.05, 4.69) is 63.3 Å². The van der Waals surface area contributed by atoms with E-state index in [1.54, 1.807) is 0 Å². The lowest BCUT2D eigenvalue weighted by molar-refractivity contribution is 0.587. The first-order valence-electron chi connectivity index (χ1n) is 10.2. The third-order valence-corrected chi connectivity index (χ3v) is 6.15. The van der Waals surface area contributed by atoms with Crippen molar-refractivity contribution in [2.24, 2.45) is 7.05 Å². The molecule has 2 aromatic heterocycles. The SMILES string of the molecule is Cc1cc(N2Cc3ccc(N4CCNCC4)cc3[C@@H](C)C2)c2cnn(C)c2n1. The number of hydrogen-bond acceptors (Lipinski definition) is 5. The predicted octanol–water partition coefficient (Wildman–Crippen LogP) is 2.81. The summed E-state index contributed by atoms with van der Waals surface area (Å²) in [6.07, 6.45) is 1.95. The van der Waals surface area contributed by atoms with Gasteiger partial charge in [-0.05, 0) is 42.2 Å². The summed E-state index contributed by atoms with van der Waals surface area (Å²) in [7, 11) is 1.96.